The zero-order valence-corrected chi connectivity index (χ0v) is 12.1. The van der Waals surface area contributed by atoms with Crippen LogP contribution in [0, 0.1) is 5.82 Å². The second kappa shape index (κ2) is 6.22. The van der Waals surface area contributed by atoms with Crippen LogP contribution < -0.4 is 14.8 Å². The van der Waals surface area contributed by atoms with E-state index in [1.807, 2.05) is 12.1 Å². The minimum atomic E-state index is -0.251. The molecule has 1 heterocycles. The van der Waals surface area contributed by atoms with E-state index in [9.17, 15) is 4.39 Å². The Morgan fingerprint density at radius 2 is 1.86 bits per heavy atom. The number of benzene rings is 2. The molecule has 0 aliphatic carbocycles. The van der Waals surface area contributed by atoms with Gasteiger partial charge in [0.1, 0.15) is 5.82 Å². The van der Waals surface area contributed by atoms with Crippen LogP contribution in [0.25, 0.3) is 0 Å². The molecule has 0 unspecified atom stereocenters. The third-order valence-electron chi connectivity index (χ3n) is 3.20. The summed E-state index contributed by atoms with van der Waals surface area (Å²) in [5.74, 6) is 1.04. The summed E-state index contributed by atoms with van der Waals surface area (Å²) in [5, 5.41) is 3.76. The number of ether oxygens (including phenoxy) is 2. The van der Waals surface area contributed by atoms with Gasteiger partial charge in [-0.2, -0.15) is 0 Å². The van der Waals surface area contributed by atoms with Crippen molar-refractivity contribution in [2.24, 2.45) is 0 Å². The summed E-state index contributed by atoms with van der Waals surface area (Å²) >= 11 is 6.24. The van der Waals surface area contributed by atoms with Crippen molar-refractivity contribution in [1.29, 1.82) is 0 Å². The van der Waals surface area contributed by atoms with Crippen LogP contribution >= 0.6 is 11.6 Å². The molecule has 0 atom stereocenters. The molecule has 0 saturated carbocycles. The lowest BCUT2D eigenvalue weighted by atomic mass is 10.2. The first-order valence-corrected chi connectivity index (χ1v) is 7.17. The summed E-state index contributed by atoms with van der Waals surface area (Å²) in [6.07, 6.45) is 0.841. The van der Waals surface area contributed by atoms with Gasteiger partial charge in [0.05, 0.1) is 18.2 Å². The van der Waals surface area contributed by atoms with Gasteiger partial charge in [-0.25, -0.2) is 4.39 Å². The van der Waals surface area contributed by atoms with Crippen molar-refractivity contribution in [3.05, 3.63) is 52.8 Å². The maximum Gasteiger partial charge on any atom is 0.179 e. The summed E-state index contributed by atoms with van der Waals surface area (Å²) in [5.41, 5.74) is 1.83. The molecule has 1 N–H and O–H groups in total. The second-order valence-corrected chi connectivity index (χ2v) is 5.22. The van der Waals surface area contributed by atoms with Crippen molar-refractivity contribution in [3.8, 4) is 11.5 Å². The van der Waals surface area contributed by atoms with Crippen LogP contribution in [-0.2, 0) is 6.54 Å². The lowest BCUT2D eigenvalue weighted by Crippen LogP contribution is -2.01. The molecule has 1 aliphatic heterocycles. The van der Waals surface area contributed by atoms with Crippen LogP contribution in [0.2, 0.25) is 5.02 Å². The first-order valence-electron chi connectivity index (χ1n) is 6.80. The average Bonchev–Trinajstić information content (AvgIpc) is 2.72. The van der Waals surface area contributed by atoms with Crippen LogP contribution in [0.3, 0.4) is 0 Å². The maximum atomic E-state index is 12.9. The fourth-order valence-electron chi connectivity index (χ4n) is 2.16. The third-order valence-corrected chi connectivity index (χ3v) is 3.48. The zero-order chi connectivity index (χ0) is 14.7. The number of anilines is 1. The maximum absolute atomic E-state index is 12.9. The molecule has 0 spiro atoms. The molecule has 1 aliphatic rings. The number of hydrogen-bond donors (Lipinski definition) is 1. The van der Waals surface area contributed by atoms with Crippen molar-refractivity contribution in [2.45, 2.75) is 13.0 Å². The molecule has 0 amide bonds. The first-order chi connectivity index (χ1) is 10.2. The standard InChI is InChI=1S/C16H15ClFNO2/c17-14-8-11(9-15-16(14)21-7-1-6-20-15)10-19-13-4-2-12(18)3-5-13/h2-5,8-9,19H,1,6-7,10H2. The topological polar surface area (TPSA) is 30.5 Å². The van der Waals surface area contributed by atoms with Crippen molar-refractivity contribution in [1.82, 2.24) is 0 Å². The van der Waals surface area contributed by atoms with Crippen molar-refractivity contribution in [3.63, 3.8) is 0 Å². The zero-order valence-electron chi connectivity index (χ0n) is 11.4. The van der Waals surface area contributed by atoms with Gasteiger partial charge in [-0.1, -0.05) is 11.6 Å². The summed E-state index contributed by atoms with van der Waals surface area (Å²) in [6.45, 7) is 1.81. The van der Waals surface area contributed by atoms with Crippen LogP contribution in [0.1, 0.15) is 12.0 Å². The molecule has 5 heteroatoms. The number of fused-ring (bicyclic) bond motifs is 1. The van der Waals surface area contributed by atoms with Crippen molar-refractivity contribution in [2.75, 3.05) is 18.5 Å². The summed E-state index contributed by atoms with van der Waals surface area (Å²) in [6, 6.07) is 10.0. The number of nitrogens with one attached hydrogen (secondary N) is 1. The molecule has 2 aromatic rings. The lowest BCUT2D eigenvalue weighted by molar-refractivity contribution is 0.297. The highest BCUT2D eigenvalue weighted by Gasteiger charge is 2.15. The molecule has 0 bridgehead atoms. The van der Waals surface area contributed by atoms with E-state index in [-0.39, 0.29) is 5.82 Å². The van der Waals surface area contributed by atoms with Gasteiger partial charge in [0.15, 0.2) is 11.5 Å². The number of hydrogen-bond acceptors (Lipinski definition) is 3. The minimum Gasteiger partial charge on any atom is -0.489 e. The molecule has 0 radical (unpaired) electrons. The van der Waals surface area contributed by atoms with Gasteiger partial charge in [-0.3, -0.25) is 0 Å². The molecule has 0 saturated heterocycles. The molecule has 110 valence electrons. The van der Waals surface area contributed by atoms with E-state index in [4.69, 9.17) is 21.1 Å². The third kappa shape index (κ3) is 3.39. The first kappa shape index (κ1) is 14.0. The fourth-order valence-corrected chi connectivity index (χ4v) is 2.45. The van der Waals surface area contributed by atoms with E-state index in [0.29, 0.717) is 36.3 Å². The van der Waals surface area contributed by atoms with Gasteiger partial charge in [0, 0.05) is 18.7 Å². The van der Waals surface area contributed by atoms with E-state index in [0.717, 1.165) is 17.7 Å². The molecule has 3 rings (SSSR count). The minimum absolute atomic E-state index is 0.251. The summed E-state index contributed by atoms with van der Waals surface area (Å²) in [4.78, 5) is 0. The van der Waals surface area contributed by atoms with Gasteiger partial charge in [0.2, 0.25) is 0 Å². The van der Waals surface area contributed by atoms with E-state index < -0.39 is 0 Å². The summed E-state index contributed by atoms with van der Waals surface area (Å²) in [7, 11) is 0. The van der Waals surface area contributed by atoms with E-state index in [2.05, 4.69) is 5.32 Å². The number of halogens is 2. The SMILES string of the molecule is Fc1ccc(NCc2cc(Cl)c3c(c2)OCCCO3)cc1. The largest absolute Gasteiger partial charge is 0.489 e. The molecule has 0 aromatic heterocycles. The van der Waals surface area contributed by atoms with E-state index >= 15 is 0 Å². The van der Waals surface area contributed by atoms with Crippen LogP contribution in [0.15, 0.2) is 36.4 Å². The molecule has 3 nitrogen and oxygen atoms in total. The van der Waals surface area contributed by atoms with Crippen molar-refractivity contribution >= 4 is 17.3 Å². The fraction of sp³-hybridized carbons (Fsp3) is 0.250. The quantitative estimate of drug-likeness (QED) is 0.919. The van der Waals surface area contributed by atoms with Crippen LogP contribution in [0.5, 0.6) is 11.5 Å². The van der Waals surface area contributed by atoms with Gasteiger partial charge in [-0.05, 0) is 42.0 Å². The van der Waals surface area contributed by atoms with E-state index in [1.165, 1.54) is 12.1 Å². The highest BCUT2D eigenvalue weighted by atomic mass is 35.5. The number of rotatable bonds is 3. The van der Waals surface area contributed by atoms with Crippen LogP contribution in [0.4, 0.5) is 10.1 Å². The highest BCUT2D eigenvalue weighted by molar-refractivity contribution is 6.32. The predicted molar refractivity (Wildman–Crippen MR) is 80.8 cm³/mol. The Kier molecular flexibility index (Phi) is 4.15. The molecular weight excluding hydrogens is 293 g/mol. The lowest BCUT2D eigenvalue weighted by Gasteiger charge is -2.12. The van der Waals surface area contributed by atoms with Crippen molar-refractivity contribution < 1.29 is 13.9 Å². The van der Waals surface area contributed by atoms with Gasteiger partial charge >= 0.3 is 0 Å². The van der Waals surface area contributed by atoms with Gasteiger partial charge in [-0.15, -0.1) is 0 Å². The predicted octanol–water partition coefficient (Wildman–Crippen LogP) is 4.25. The smallest absolute Gasteiger partial charge is 0.179 e. The monoisotopic (exact) mass is 307 g/mol. The highest BCUT2D eigenvalue weighted by Crippen LogP contribution is 2.38. The molecular formula is C16H15ClFNO2. The second-order valence-electron chi connectivity index (χ2n) is 4.82. The average molecular weight is 308 g/mol. The Balaban J connectivity index is 1.75. The summed E-state index contributed by atoms with van der Waals surface area (Å²) < 4.78 is 24.1. The molecule has 2 aromatic carbocycles. The van der Waals surface area contributed by atoms with Crippen LogP contribution in [-0.4, -0.2) is 13.2 Å². The van der Waals surface area contributed by atoms with Gasteiger partial charge in [0.25, 0.3) is 0 Å². The van der Waals surface area contributed by atoms with E-state index in [1.54, 1.807) is 12.1 Å². The Morgan fingerprint density at radius 3 is 2.67 bits per heavy atom. The Bertz CT molecular complexity index is 631. The normalized spacial score (nSPS) is 13.6. The Morgan fingerprint density at radius 1 is 1.10 bits per heavy atom. The Labute approximate surface area is 127 Å². The molecule has 0 fully saturated rings. The molecule has 21 heavy (non-hydrogen) atoms. The van der Waals surface area contributed by atoms with Gasteiger partial charge < -0.3 is 14.8 Å². The Hall–Kier alpha value is -1.94.